The average Bonchev–Trinajstić information content (AvgIpc) is 3.24. The number of aliphatic hydroxyl groups excluding tert-OH is 1. The zero-order valence-electron chi connectivity index (χ0n) is 17.3. The zero-order chi connectivity index (χ0) is 21.9. The summed E-state index contributed by atoms with van der Waals surface area (Å²) in [6, 6.07) is 16.9. The minimum atomic E-state index is -1.15. The van der Waals surface area contributed by atoms with Crippen LogP contribution in [0.3, 0.4) is 0 Å². The SMILES string of the molecule is O=C(NCCF)[C@@]1(C/C=C/c2ccccc2)COC(c2ccc(OCCCO)cc2)=N1. The highest BCUT2D eigenvalue weighted by Crippen LogP contribution is 2.27. The minimum Gasteiger partial charge on any atom is -0.494 e. The van der Waals surface area contributed by atoms with Gasteiger partial charge >= 0.3 is 0 Å². The number of carbonyl (C=O) groups is 1. The lowest BCUT2D eigenvalue weighted by atomic mass is 9.95. The lowest BCUT2D eigenvalue weighted by Gasteiger charge is -2.21. The molecule has 1 amide bonds. The zero-order valence-corrected chi connectivity index (χ0v) is 17.3. The molecule has 6 nitrogen and oxygen atoms in total. The van der Waals surface area contributed by atoms with Crippen LogP contribution < -0.4 is 10.1 Å². The van der Waals surface area contributed by atoms with Crippen LogP contribution in [-0.2, 0) is 9.53 Å². The number of alkyl halides is 1. The van der Waals surface area contributed by atoms with Crippen molar-refractivity contribution >= 4 is 17.9 Å². The molecule has 0 bridgehead atoms. The molecule has 0 aliphatic carbocycles. The maximum Gasteiger partial charge on any atom is 0.252 e. The van der Waals surface area contributed by atoms with Crippen molar-refractivity contribution in [3.8, 4) is 5.75 Å². The van der Waals surface area contributed by atoms with Crippen LogP contribution in [0.15, 0.2) is 65.7 Å². The minimum absolute atomic E-state index is 0.0618. The van der Waals surface area contributed by atoms with Crippen LogP contribution >= 0.6 is 0 Å². The first kappa shape index (κ1) is 22.5. The van der Waals surface area contributed by atoms with Crippen LogP contribution in [0.25, 0.3) is 6.08 Å². The molecule has 0 saturated carbocycles. The number of halogens is 1. The predicted octanol–water partition coefficient (Wildman–Crippen LogP) is 3.15. The summed E-state index contributed by atoms with van der Waals surface area (Å²) in [5.41, 5.74) is 0.593. The Labute approximate surface area is 181 Å². The van der Waals surface area contributed by atoms with Crippen molar-refractivity contribution in [1.82, 2.24) is 5.32 Å². The second-order valence-corrected chi connectivity index (χ2v) is 7.15. The molecule has 1 aliphatic rings. The fourth-order valence-electron chi connectivity index (χ4n) is 3.14. The number of benzene rings is 2. The fraction of sp³-hybridized carbons (Fsp3) is 0.333. The fourth-order valence-corrected chi connectivity index (χ4v) is 3.14. The van der Waals surface area contributed by atoms with Gasteiger partial charge in [0.2, 0.25) is 5.90 Å². The highest BCUT2D eigenvalue weighted by atomic mass is 19.1. The third-order valence-electron chi connectivity index (χ3n) is 4.80. The van der Waals surface area contributed by atoms with Crippen molar-refractivity contribution in [2.45, 2.75) is 18.4 Å². The summed E-state index contributed by atoms with van der Waals surface area (Å²) in [5, 5.41) is 11.4. The van der Waals surface area contributed by atoms with Gasteiger partial charge in [-0.2, -0.15) is 0 Å². The molecule has 7 heteroatoms. The summed E-state index contributed by atoms with van der Waals surface area (Å²) >= 11 is 0. The number of nitrogens with one attached hydrogen (secondary N) is 1. The number of aliphatic imine (C=N–C) groups is 1. The van der Waals surface area contributed by atoms with Crippen molar-refractivity contribution in [2.75, 3.05) is 33.0 Å². The Kier molecular flexibility index (Phi) is 8.18. The first-order valence-electron chi connectivity index (χ1n) is 10.3. The van der Waals surface area contributed by atoms with Gasteiger partial charge in [0, 0.05) is 31.6 Å². The number of rotatable bonds is 11. The van der Waals surface area contributed by atoms with Gasteiger partial charge in [-0.05, 0) is 29.8 Å². The van der Waals surface area contributed by atoms with E-state index in [1.807, 2.05) is 54.6 Å². The van der Waals surface area contributed by atoms with Crippen molar-refractivity contribution in [1.29, 1.82) is 0 Å². The summed E-state index contributed by atoms with van der Waals surface area (Å²) in [7, 11) is 0. The van der Waals surface area contributed by atoms with E-state index in [2.05, 4.69) is 10.3 Å². The molecule has 0 radical (unpaired) electrons. The van der Waals surface area contributed by atoms with Crippen molar-refractivity contribution in [3.05, 3.63) is 71.8 Å². The molecule has 31 heavy (non-hydrogen) atoms. The van der Waals surface area contributed by atoms with Gasteiger partial charge in [0.15, 0.2) is 5.54 Å². The number of carbonyl (C=O) groups excluding carboxylic acids is 1. The van der Waals surface area contributed by atoms with Gasteiger partial charge in [-0.25, -0.2) is 9.38 Å². The summed E-state index contributed by atoms with van der Waals surface area (Å²) in [5.74, 6) is 0.681. The molecule has 1 atom stereocenters. The number of hydrogen-bond donors (Lipinski definition) is 2. The van der Waals surface area contributed by atoms with Crippen LogP contribution in [0.2, 0.25) is 0 Å². The first-order chi connectivity index (χ1) is 15.2. The summed E-state index contributed by atoms with van der Waals surface area (Å²) in [4.78, 5) is 17.4. The molecule has 3 rings (SSSR count). The Hall–Kier alpha value is -3.19. The van der Waals surface area contributed by atoms with Gasteiger partial charge in [0.25, 0.3) is 5.91 Å². The standard InChI is InChI=1S/C24H27FN2O4/c25-14-15-26-23(29)24(13-4-8-19-6-2-1-3-7-19)18-31-22(27-24)20-9-11-21(12-10-20)30-17-5-16-28/h1-4,6-12,28H,5,13-18H2,(H,26,29)/b8-4+/t24-/m1/s1. The van der Waals surface area contributed by atoms with Crippen molar-refractivity contribution < 1.29 is 23.8 Å². The molecule has 2 aromatic carbocycles. The van der Waals surface area contributed by atoms with Gasteiger partial charge in [-0.1, -0.05) is 42.5 Å². The van der Waals surface area contributed by atoms with Crippen molar-refractivity contribution in [2.24, 2.45) is 4.99 Å². The summed E-state index contributed by atoms with van der Waals surface area (Å²) < 4.78 is 23.9. The van der Waals surface area contributed by atoms with Crippen LogP contribution in [0.4, 0.5) is 4.39 Å². The molecular formula is C24H27FN2O4. The van der Waals surface area contributed by atoms with Crippen LogP contribution in [0, 0.1) is 0 Å². The molecule has 0 saturated heterocycles. The Bertz CT molecular complexity index is 900. The quantitative estimate of drug-likeness (QED) is 0.541. The van der Waals surface area contributed by atoms with E-state index in [9.17, 15) is 9.18 Å². The van der Waals surface area contributed by atoms with Crippen LogP contribution in [0.1, 0.15) is 24.0 Å². The van der Waals surface area contributed by atoms with Crippen molar-refractivity contribution in [3.63, 3.8) is 0 Å². The molecule has 0 unspecified atom stereocenters. The Morgan fingerprint density at radius 2 is 2.00 bits per heavy atom. The topological polar surface area (TPSA) is 80.2 Å². The van der Waals surface area contributed by atoms with Crippen LogP contribution in [-0.4, -0.2) is 55.5 Å². The summed E-state index contributed by atoms with van der Waals surface area (Å²) in [6.07, 6.45) is 4.70. The lowest BCUT2D eigenvalue weighted by Crippen LogP contribution is -2.47. The van der Waals surface area contributed by atoms with Gasteiger partial charge < -0.3 is 19.9 Å². The molecule has 1 heterocycles. The number of nitrogens with zero attached hydrogens (tertiary/aromatic N) is 1. The van der Waals surface area contributed by atoms with E-state index in [1.54, 1.807) is 12.1 Å². The average molecular weight is 426 g/mol. The largest absolute Gasteiger partial charge is 0.494 e. The van der Waals surface area contributed by atoms with E-state index in [0.29, 0.717) is 31.1 Å². The van der Waals surface area contributed by atoms with Crippen LogP contribution in [0.5, 0.6) is 5.75 Å². The Morgan fingerprint density at radius 1 is 1.23 bits per heavy atom. The predicted molar refractivity (Wildman–Crippen MR) is 118 cm³/mol. The molecule has 1 aliphatic heterocycles. The van der Waals surface area contributed by atoms with E-state index >= 15 is 0 Å². The Balaban J connectivity index is 1.76. The molecule has 0 fully saturated rings. The molecule has 0 spiro atoms. The lowest BCUT2D eigenvalue weighted by molar-refractivity contribution is -0.126. The van der Waals surface area contributed by atoms with Gasteiger partial charge in [-0.3, -0.25) is 4.79 Å². The number of amides is 1. The van der Waals surface area contributed by atoms with E-state index in [4.69, 9.17) is 14.6 Å². The number of hydrogen-bond acceptors (Lipinski definition) is 5. The monoisotopic (exact) mass is 426 g/mol. The second kappa shape index (κ2) is 11.3. The molecular weight excluding hydrogens is 399 g/mol. The van der Waals surface area contributed by atoms with E-state index < -0.39 is 12.2 Å². The molecule has 0 aromatic heterocycles. The van der Waals surface area contributed by atoms with E-state index in [0.717, 1.165) is 11.1 Å². The first-order valence-corrected chi connectivity index (χ1v) is 10.3. The highest BCUT2D eigenvalue weighted by molar-refractivity contribution is 6.00. The third-order valence-corrected chi connectivity index (χ3v) is 4.80. The van der Waals surface area contributed by atoms with Gasteiger partial charge in [0.05, 0.1) is 6.61 Å². The van der Waals surface area contributed by atoms with Gasteiger partial charge in [-0.15, -0.1) is 0 Å². The Morgan fingerprint density at radius 3 is 2.71 bits per heavy atom. The molecule has 2 N–H and O–H groups in total. The van der Waals surface area contributed by atoms with E-state index in [1.165, 1.54) is 0 Å². The number of aliphatic hydroxyl groups is 1. The summed E-state index contributed by atoms with van der Waals surface area (Å²) in [6.45, 7) is -0.119. The third kappa shape index (κ3) is 6.15. The van der Waals surface area contributed by atoms with E-state index in [-0.39, 0.29) is 25.7 Å². The second-order valence-electron chi connectivity index (χ2n) is 7.15. The number of ether oxygens (including phenoxy) is 2. The highest BCUT2D eigenvalue weighted by Gasteiger charge is 2.43. The van der Waals surface area contributed by atoms with Gasteiger partial charge in [0.1, 0.15) is 19.0 Å². The molecule has 164 valence electrons. The maximum absolute atomic E-state index is 12.8. The maximum atomic E-state index is 12.8. The normalized spacial score (nSPS) is 17.9. The molecule has 2 aromatic rings. The smallest absolute Gasteiger partial charge is 0.252 e.